The molecule has 0 radical (unpaired) electrons. The van der Waals surface area contributed by atoms with Crippen molar-refractivity contribution < 1.29 is 4.79 Å². The van der Waals surface area contributed by atoms with Gasteiger partial charge in [-0.3, -0.25) is 0 Å². The zero-order valence-corrected chi connectivity index (χ0v) is 13.3. The number of nitrogens with zero attached hydrogens (tertiary/aromatic N) is 1. The summed E-state index contributed by atoms with van der Waals surface area (Å²) in [6.45, 7) is 0. The highest BCUT2D eigenvalue weighted by atomic mass is 32.1. The van der Waals surface area contributed by atoms with Gasteiger partial charge in [0.15, 0.2) is 0 Å². The number of anilines is 1. The maximum atomic E-state index is 10.8. The molecule has 0 fully saturated rings. The number of hydrogen-bond donors (Lipinski definition) is 2. The summed E-state index contributed by atoms with van der Waals surface area (Å²) in [5, 5.41) is 5.74. The second kappa shape index (κ2) is 7.07. The average molecular weight is 323 g/mol. The molecule has 0 bridgehead atoms. The molecule has 5 heteroatoms. The minimum Gasteiger partial charge on any atom is -0.351 e. The van der Waals surface area contributed by atoms with Crippen LogP contribution in [0.1, 0.15) is 10.6 Å². The number of carbonyl (C=O) groups excluding carboxylic acids is 1. The van der Waals surface area contributed by atoms with Crippen molar-refractivity contribution in [2.45, 2.75) is 12.8 Å². The van der Waals surface area contributed by atoms with Crippen LogP contribution in [-0.2, 0) is 12.8 Å². The number of aromatic nitrogens is 1. The van der Waals surface area contributed by atoms with Crippen LogP contribution >= 0.6 is 11.3 Å². The van der Waals surface area contributed by atoms with Gasteiger partial charge in [0, 0.05) is 23.1 Å². The third-order valence-corrected chi connectivity index (χ3v) is 4.38. The number of nitrogens with one attached hydrogen (secondary N) is 1. The number of rotatable bonds is 5. The first-order valence-electron chi connectivity index (χ1n) is 7.36. The number of amides is 2. The molecular weight excluding hydrogens is 306 g/mol. The van der Waals surface area contributed by atoms with Gasteiger partial charge in [0.1, 0.15) is 0 Å². The van der Waals surface area contributed by atoms with Crippen LogP contribution in [0.15, 0.2) is 60.0 Å². The van der Waals surface area contributed by atoms with Crippen LogP contribution in [0.3, 0.4) is 0 Å². The van der Waals surface area contributed by atoms with Crippen molar-refractivity contribution in [2.75, 3.05) is 5.32 Å². The van der Waals surface area contributed by atoms with Crippen LogP contribution in [0, 0.1) is 0 Å². The molecule has 2 aromatic carbocycles. The van der Waals surface area contributed by atoms with Crippen molar-refractivity contribution in [3.63, 3.8) is 0 Å². The maximum Gasteiger partial charge on any atom is 0.316 e. The Labute approximate surface area is 139 Å². The first kappa shape index (κ1) is 15.2. The largest absolute Gasteiger partial charge is 0.351 e. The van der Waals surface area contributed by atoms with E-state index in [2.05, 4.69) is 35.0 Å². The fourth-order valence-electron chi connectivity index (χ4n) is 2.32. The molecular formula is C18H17N3OS. The quantitative estimate of drug-likeness (QED) is 0.742. The molecule has 3 aromatic rings. The predicted molar refractivity (Wildman–Crippen MR) is 94.6 cm³/mol. The first-order valence-corrected chi connectivity index (χ1v) is 8.24. The normalized spacial score (nSPS) is 10.4. The summed E-state index contributed by atoms with van der Waals surface area (Å²) in [4.78, 5) is 15.5. The fraction of sp³-hybridized carbons (Fsp3) is 0.111. The third kappa shape index (κ3) is 4.17. The SMILES string of the molecule is NC(=O)Nc1ccc(-c2csc(CCc3ccccc3)n2)cc1. The lowest BCUT2D eigenvalue weighted by Gasteiger charge is -2.02. The summed E-state index contributed by atoms with van der Waals surface area (Å²) < 4.78 is 0. The van der Waals surface area contributed by atoms with E-state index >= 15 is 0 Å². The van der Waals surface area contributed by atoms with E-state index in [1.807, 2.05) is 30.3 Å². The molecule has 0 atom stereocenters. The molecule has 0 spiro atoms. The van der Waals surface area contributed by atoms with E-state index in [1.54, 1.807) is 11.3 Å². The van der Waals surface area contributed by atoms with Crippen molar-refractivity contribution >= 4 is 23.1 Å². The Hall–Kier alpha value is -2.66. The van der Waals surface area contributed by atoms with Gasteiger partial charge in [0.05, 0.1) is 10.7 Å². The average Bonchev–Trinajstić information content (AvgIpc) is 3.03. The summed E-state index contributed by atoms with van der Waals surface area (Å²) in [6, 6.07) is 17.4. The van der Waals surface area contributed by atoms with Gasteiger partial charge in [-0.2, -0.15) is 0 Å². The lowest BCUT2D eigenvalue weighted by molar-refractivity contribution is 0.259. The van der Waals surface area contributed by atoms with Crippen LogP contribution in [0.5, 0.6) is 0 Å². The minimum atomic E-state index is -0.561. The van der Waals surface area contributed by atoms with Gasteiger partial charge >= 0.3 is 6.03 Å². The molecule has 1 aromatic heterocycles. The number of carbonyl (C=O) groups is 1. The predicted octanol–water partition coefficient (Wildman–Crippen LogP) is 4.09. The number of nitrogens with two attached hydrogens (primary N) is 1. The monoisotopic (exact) mass is 323 g/mol. The second-order valence-corrected chi connectivity index (χ2v) is 6.12. The molecule has 3 N–H and O–H groups in total. The van der Waals surface area contributed by atoms with E-state index in [0.717, 1.165) is 29.1 Å². The number of aryl methyl sites for hydroxylation is 2. The summed E-state index contributed by atoms with van der Waals surface area (Å²) in [6.07, 6.45) is 1.94. The minimum absolute atomic E-state index is 0.561. The molecule has 2 amide bonds. The van der Waals surface area contributed by atoms with Gasteiger partial charge in [0.2, 0.25) is 0 Å². The Kier molecular flexibility index (Phi) is 4.68. The molecule has 3 rings (SSSR count). The zero-order chi connectivity index (χ0) is 16.1. The van der Waals surface area contributed by atoms with E-state index in [0.29, 0.717) is 5.69 Å². The number of hydrogen-bond acceptors (Lipinski definition) is 3. The number of primary amides is 1. The Morgan fingerprint density at radius 2 is 1.78 bits per heavy atom. The standard InChI is InChI=1S/C18H17N3OS/c19-18(22)20-15-9-7-14(8-10-15)16-12-23-17(21-16)11-6-13-4-2-1-3-5-13/h1-5,7-10,12H,6,11H2,(H3,19,20,22). The smallest absolute Gasteiger partial charge is 0.316 e. The van der Waals surface area contributed by atoms with Crippen LogP contribution in [0.4, 0.5) is 10.5 Å². The summed E-state index contributed by atoms with van der Waals surface area (Å²) in [7, 11) is 0. The van der Waals surface area contributed by atoms with E-state index < -0.39 is 6.03 Å². The molecule has 23 heavy (non-hydrogen) atoms. The van der Waals surface area contributed by atoms with Gasteiger partial charge in [-0.05, 0) is 24.1 Å². The van der Waals surface area contributed by atoms with Crippen LogP contribution < -0.4 is 11.1 Å². The molecule has 4 nitrogen and oxygen atoms in total. The van der Waals surface area contributed by atoms with E-state index in [-0.39, 0.29) is 0 Å². The van der Waals surface area contributed by atoms with Gasteiger partial charge < -0.3 is 11.1 Å². The first-order chi connectivity index (χ1) is 11.2. The Morgan fingerprint density at radius 3 is 2.48 bits per heavy atom. The Bertz CT molecular complexity index is 782. The highest BCUT2D eigenvalue weighted by Gasteiger charge is 2.05. The number of benzene rings is 2. The maximum absolute atomic E-state index is 10.8. The number of urea groups is 1. The third-order valence-electron chi connectivity index (χ3n) is 3.47. The topological polar surface area (TPSA) is 68.0 Å². The van der Waals surface area contributed by atoms with Crippen molar-refractivity contribution in [2.24, 2.45) is 5.73 Å². The molecule has 0 saturated heterocycles. The molecule has 0 saturated carbocycles. The van der Waals surface area contributed by atoms with Crippen molar-refractivity contribution in [3.05, 3.63) is 70.5 Å². The summed E-state index contributed by atoms with van der Waals surface area (Å²) in [5.41, 5.74) is 9.10. The van der Waals surface area contributed by atoms with E-state index in [4.69, 9.17) is 10.7 Å². The number of thiazole rings is 1. The highest BCUT2D eigenvalue weighted by molar-refractivity contribution is 7.09. The summed E-state index contributed by atoms with van der Waals surface area (Å²) in [5.74, 6) is 0. The lowest BCUT2D eigenvalue weighted by atomic mass is 10.1. The van der Waals surface area contributed by atoms with Crippen molar-refractivity contribution in [3.8, 4) is 11.3 Å². The van der Waals surface area contributed by atoms with E-state index in [1.165, 1.54) is 5.56 Å². The fourth-order valence-corrected chi connectivity index (χ4v) is 3.13. The molecule has 0 unspecified atom stereocenters. The van der Waals surface area contributed by atoms with Crippen LogP contribution in [0.25, 0.3) is 11.3 Å². The molecule has 0 aliphatic heterocycles. The highest BCUT2D eigenvalue weighted by Crippen LogP contribution is 2.24. The van der Waals surface area contributed by atoms with Crippen molar-refractivity contribution in [1.82, 2.24) is 4.98 Å². The van der Waals surface area contributed by atoms with E-state index in [9.17, 15) is 4.79 Å². The zero-order valence-electron chi connectivity index (χ0n) is 12.5. The van der Waals surface area contributed by atoms with Crippen LogP contribution in [-0.4, -0.2) is 11.0 Å². The second-order valence-electron chi connectivity index (χ2n) is 5.18. The summed E-state index contributed by atoms with van der Waals surface area (Å²) >= 11 is 1.68. The Morgan fingerprint density at radius 1 is 1.04 bits per heavy atom. The molecule has 0 aliphatic rings. The van der Waals surface area contributed by atoms with Gasteiger partial charge in [0.25, 0.3) is 0 Å². The van der Waals surface area contributed by atoms with Gasteiger partial charge in [-0.15, -0.1) is 11.3 Å². The Balaban J connectivity index is 1.65. The lowest BCUT2D eigenvalue weighted by Crippen LogP contribution is -2.19. The molecule has 1 heterocycles. The van der Waals surface area contributed by atoms with Gasteiger partial charge in [-0.25, -0.2) is 9.78 Å². The van der Waals surface area contributed by atoms with Crippen LogP contribution in [0.2, 0.25) is 0 Å². The van der Waals surface area contributed by atoms with Gasteiger partial charge in [-0.1, -0.05) is 42.5 Å². The van der Waals surface area contributed by atoms with Crippen molar-refractivity contribution in [1.29, 1.82) is 0 Å². The molecule has 116 valence electrons. The molecule has 0 aliphatic carbocycles.